The second-order valence-electron chi connectivity index (χ2n) is 3.81. The van der Waals surface area contributed by atoms with E-state index in [-0.39, 0.29) is 0 Å². The Morgan fingerprint density at radius 2 is 2.12 bits per heavy atom. The number of nitrogens with one attached hydrogen (secondary N) is 1. The van der Waals surface area contributed by atoms with E-state index in [1.54, 1.807) is 0 Å². The second kappa shape index (κ2) is 4.58. The van der Waals surface area contributed by atoms with Crippen LogP contribution in [0.15, 0.2) is 30.3 Å². The maximum atomic E-state index is 5.08. The Hall–Kier alpha value is -1.48. The first-order chi connectivity index (χ1) is 7.69. The molecule has 1 N–H and O–H groups in total. The molecule has 2 rings (SSSR count). The molecule has 2 aromatic rings. The van der Waals surface area contributed by atoms with Gasteiger partial charge in [-0.1, -0.05) is 25.1 Å². The monoisotopic (exact) mass is 230 g/mol. The van der Waals surface area contributed by atoms with Crippen LogP contribution in [-0.4, -0.2) is 9.97 Å². The molecule has 1 aromatic heterocycles. The van der Waals surface area contributed by atoms with Crippen LogP contribution in [0.5, 0.6) is 0 Å². The van der Waals surface area contributed by atoms with Crippen molar-refractivity contribution in [3.8, 4) is 11.3 Å². The van der Waals surface area contributed by atoms with E-state index >= 15 is 0 Å². The molecule has 0 fully saturated rings. The lowest BCUT2D eigenvalue weighted by atomic mass is 10.1. The molecule has 0 saturated carbocycles. The number of aryl methyl sites for hydroxylation is 2. The zero-order valence-electron chi connectivity index (χ0n) is 9.45. The minimum Gasteiger partial charge on any atom is -0.335 e. The Labute approximate surface area is 100 Å². The number of benzene rings is 1. The van der Waals surface area contributed by atoms with Crippen molar-refractivity contribution < 1.29 is 0 Å². The van der Waals surface area contributed by atoms with Gasteiger partial charge in [-0.25, -0.2) is 4.98 Å². The van der Waals surface area contributed by atoms with Gasteiger partial charge in [0.2, 0.25) is 0 Å². The summed E-state index contributed by atoms with van der Waals surface area (Å²) in [6.07, 6.45) is 1.03. The van der Waals surface area contributed by atoms with Gasteiger partial charge in [-0.15, -0.1) is 0 Å². The van der Waals surface area contributed by atoms with Crippen LogP contribution in [0.3, 0.4) is 0 Å². The molecule has 0 saturated heterocycles. The first kappa shape index (κ1) is 11.0. The number of rotatable bonds is 2. The third-order valence-corrected chi connectivity index (χ3v) is 2.70. The van der Waals surface area contributed by atoms with E-state index in [2.05, 4.69) is 41.2 Å². The van der Waals surface area contributed by atoms with E-state index < -0.39 is 0 Å². The van der Waals surface area contributed by atoms with E-state index in [1.807, 2.05) is 13.0 Å². The molecule has 0 aliphatic carbocycles. The van der Waals surface area contributed by atoms with Crippen LogP contribution in [0, 0.1) is 11.7 Å². The summed E-state index contributed by atoms with van der Waals surface area (Å²) in [5.41, 5.74) is 4.42. The highest BCUT2D eigenvalue weighted by molar-refractivity contribution is 7.71. The van der Waals surface area contributed by atoms with Gasteiger partial charge in [0, 0.05) is 11.3 Å². The zero-order valence-corrected chi connectivity index (χ0v) is 10.3. The molecule has 0 unspecified atom stereocenters. The fourth-order valence-corrected chi connectivity index (χ4v) is 1.94. The van der Waals surface area contributed by atoms with Crippen molar-refractivity contribution in [3.05, 3.63) is 46.4 Å². The molecule has 2 nitrogen and oxygen atoms in total. The van der Waals surface area contributed by atoms with Crippen molar-refractivity contribution in [3.63, 3.8) is 0 Å². The lowest BCUT2D eigenvalue weighted by Crippen LogP contribution is -1.91. The maximum Gasteiger partial charge on any atom is 0.197 e. The van der Waals surface area contributed by atoms with Crippen LogP contribution < -0.4 is 0 Å². The van der Waals surface area contributed by atoms with Gasteiger partial charge >= 0.3 is 0 Å². The van der Waals surface area contributed by atoms with Crippen LogP contribution >= 0.6 is 12.2 Å². The molecular formula is C13H14N2S. The summed E-state index contributed by atoms with van der Waals surface area (Å²) < 4.78 is 0.539. The van der Waals surface area contributed by atoms with E-state index in [0.29, 0.717) is 4.77 Å². The standard InChI is InChI=1S/C13H14N2S/c1-3-10-5-4-6-11(8-10)12-7-9(2)14-13(16)15-12/h4-8H,3H2,1-2H3,(H,14,15,16). The van der Waals surface area contributed by atoms with Gasteiger partial charge in [-0.05, 0) is 43.3 Å². The van der Waals surface area contributed by atoms with Gasteiger partial charge in [0.25, 0.3) is 0 Å². The van der Waals surface area contributed by atoms with Crippen LogP contribution in [0.2, 0.25) is 0 Å². The Balaban J connectivity index is 2.53. The molecule has 82 valence electrons. The Kier molecular flexibility index (Phi) is 3.15. The van der Waals surface area contributed by atoms with Crippen LogP contribution in [0.25, 0.3) is 11.3 Å². The predicted octanol–water partition coefficient (Wildman–Crippen LogP) is 3.68. The first-order valence-electron chi connectivity index (χ1n) is 5.36. The summed E-state index contributed by atoms with van der Waals surface area (Å²) in [6, 6.07) is 10.4. The molecule has 0 atom stereocenters. The molecule has 0 amide bonds. The normalized spacial score (nSPS) is 10.4. The molecule has 0 radical (unpaired) electrons. The molecule has 3 heteroatoms. The molecular weight excluding hydrogens is 216 g/mol. The van der Waals surface area contributed by atoms with Crippen molar-refractivity contribution in [2.45, 2.75) is 20.3 Å². The summed E-state index contributed by atoms with van der Waals surface area (Å²) in [5, 5.41) is 0. The van der Waals surface area contributed by atoms with Gasteiger partial charge in [0.05, 0.1) is 5.69 Å². The quantitative estimate of drug-likeness (QED) is 0.797. The highest BCUT2D eigenvalue weighted by Crippen LogP contribution is 2.18. The lowest BCUT2D eigenvalue weighted by Gasteiger charge is -2.04. The van der Waals surface area contributed by atoms with Gasteiger partial charge < -0.3 is 4.98 Å². The third kappa shape index (κ3) is 2.36. The molecule has 0 aliphatic heterocycles. The minimum absolute atomic E-state index is 0.539. The molecule has 16 heavy (non-hydrogen) atoms. The van der Waals surface area contributed by atoms with E-state index in [0.717, 1.165) is 23.4 Å². The zero-order chi connectivity index (χ0) is 11.5. The molecule has 1 aromatic carbocycles. The van der Waals surface area contributed by atoms with Crippen molar-refractivity contribution in [2.75, 3.05) is 0 Å². The van der Waals surface area contributed by atoms with Gasteiger partial charge in [0.15, 0.2) is 4.77 Å². The average molecular weight is 230 g/mol. The highest BCUT2D eigenvalue weighted by atomic mass is 32.1. The number of nitrogens with zero attached hydrogens (tertiary/aromatic N) is 1. The molecule has 0 spiro atoms. The fraction of sp³-hybridized carbons (Fsp3) is 0.231. The van der Waals surface area contributed by atoms with E-state index in [1.165, 1.54) is 5.56 Å². The fourth-order valence-electron chi connectivity index (χ4n) is 1.68. The smallest absolute Gasteiger partial charge is 0.197 e. The van der Waals surface area contributed by atoms with Crippen LogP contribution in [0.4, 0.5) is 0 Å². The Morgan fingerprint density at radius 3 is 2.81 bits per heavy atom. The number of aromatic amines is 1. The van der Waals surface area contributed by atoms with E-state index in [9.17, 15) is 0 Å². The van der Waals surface area contributed by atoms with Gasteiger partial charge in [-0.3, -0.25) is 0 Å². The number of hydrogen-bond acceptors (Lipinski definition) is 2. The summed E-state index contributed by atoms with van der Waals surface area (Å²) >= 11 is 5.08. The lowest BCUT2D eigenvalue weighted by molar-refractivity contribution is 1.08. The summed E-state index contributed by atoms with van der Waals surface area (Å²) in [5.74, 6) is 0. The minimum atomic E-state index is 0.539. The molecule has 0 aliphatic rings. The largest absolute Gasteiger partial charge is 0.335 e. The van der Waals surface area contributed by atoms with Crippen LogP contribution in [0.1, 0.15) is 18.2 Å². The maximum absolute atomic E-state index is 5.08. The van der Waals surface area contributed by atoms with Gasteiger partial charge in [0.1, 0.15) is 0 Å². The number of H-pyrrole nitrogens is 1. The van der Waals surface area contributed by atoms with Crippen molar-refractivity contribution >= 4 is 12.2 Å². The van der Waals surface area contributed by atoms with Crippen LogP contribution in [-0.2, 0) is 6.42 Å². The average Bonchev–Trinajstić information content (AvgIpc) is 2.28. The first-order valence-corrected chi connectivity index (χ1v) is 5.77. The number of hydrogen-bond donors (Lipinski definition) is 1. The molecule has 1 heterocycles. The van der Waals surface area contributed by atoms with Crippen molar-refractivity contribution in [2.24, 2.45) is 0 Å². The molecule has 0 bridgehead atoms. The second-order valence-corrected chi connectivity index (χ2v) is 4.20. The number of aromatic nitrogens is 2. The Bertz CT molecular complexity index is 558. The topological polar surface area (TPSA) is 28.7 Å². The van der Waals surface area contributed by atoms with E-state index in [4.69, 9.17) is 12.2 Å². The van der Waals surface area contributed by atoms with Crippen molar-refractivity contribution in [1.29, 1.82) is 0 Å². The summed E-state index contributed by atoms with van der Waals surface area (Å²) in [7, 11) is 0. The van der Waals surface area contributed by atoms with Gasteiger partial charge in [-0.2, -0.15) is 0 Å². The Morgan fingerprint density at radius 1 is 1.31 bits per heavy atom. The summed E-state index contributed by atoms with van der Waals surface area (Å²) in [4.78, 5) is 7.35. The SMILES string of the molecule is CCc1cccc(-c2cc(C)[nH]c(=S)n2)c1. The van der Waals surface area contributed by atoms with Crippen molar-refractivity contribution in [1.82, 2.24) is 9.97 Å². The third-order valence-electron chi connectivity index (χ3n) is 2.51. The highest BCUT2D eigenvalue weighted by Gasteiger charge is 2.01. The predicted molar refractivity (Wildman–Crippen MR) is 69.0 cm³/mol. The summed E-state index contributed by atoms with van der Waals surface area (Å²) in [6.45, 7) is 4.14.